The van der Waals surface area contributed by atoms with Crippen molar-refractivity contribution in [1.82, 2.24) is 0 Å². The summed E-state index contributed by atoms with van der Waals surface area (Å²) in [4.78, 5) is 0. The molecule has 0 bridgehead atoms. The van der Waals surface area contributed by atoms with Gasteiger partial charge in [0.05, 0.1) is 10.5 Å². The van der Waals surface area contributed by atoms with Gasteiger partial charge in [0.1, 0.15) is 36.9 Å². The van der Waals surface area contributed by atoms with Crippen LogP contribution in [0.4, 0.5) is 0 Å². The predicted molar refractivity (Wildman–Crippen MR) is 140 cm³/mol. The number of thioether (sulfide) groups is 1. The summed E-state index contributed by atoms with van der Waals surface area (Å²) < 4.78 is 25.0. The van der Waals surface area contributed by atoms with Crippen LogP contribution in [0.15, 0.2) is 48.5 Å². The third kappa shape index (κ3) is 5.92. The molecule has 0 amide bonds. The quantitative estimate of drug-likeness (QED) is 0.454. The van der Waals surface area contributed by atoms with Crippen LogP contribution in [-0.4, -0.2) is 41.7 Å². The Kier molecular flexibility index (Phi) is 7.03. The number of fused-ring (bicyclic) bond motifs is 1. The van der Waals surface area contributed by atoms with Gasteiger partial charge < -0.3 is 18.9 Å². The Balaban J connectivity index is 1.38. The Morgan fingerprint density at radius 2 is 1.03 bits per heavy atom. The van der Waals surface area contributed by atoms with Crippen molar-refractivity contribution < 1.29 is 18.9 Å². The zero-order valence-electron chi connectivity index (χ0n) is 21.9. The number of hydrogen-bond acceptors (Lipinski definition) is 5. The number of rotatable bonds is 6. The van der Waals surface area contributed by atoms with Crippen molar-refractivity contribution in [2.75, 3.05) is 13.2 Å². The molecule has 2 saturated heterocycles. The van der Waals surface area contributed by atoms with Crippen LogP contribution in [0.2, 0.25) is 0 Å². The largest absolute Gasteiger partial charge is 0.492 e. The van der Waals surface area contributed by atoms with Gasteiger partial charge in [0.15, 0.2) is 5.79 Å². The zero-order chi connectivity index (χ0) is 24.7. The third-order valence-corrected chi connectivity index (χ3v) is 8.02. The summed E-state index contributed by atoms with van der Waals surface area (Å²) in [5.74, 6) is 1.19. The highest BCUT2D eigenvalue weighted by Gasteiger charge is 2.55. The Morgan fingerprint density at radius 1 is 0.676 bits per heavy atom. The molecule has 0 aliphatic carbocycles. The predicted octanol–water partition coefficient (Wildman–Crippen LogP) is 6.74. The zero-order valence-corrected chi connectivity index (χ0v) is 22.7. The maximum absolute atomic E-state index is 6.29. The van der Waals surface area contributed by atoms with E-state index in [0.29, 0.717) is 13.2 Å². The van der Waals surface area contributed by atoms with Gasteiger partial charge in [-0.3, -0.25) is 0 Å². The topological polar surface area (TPSA) is 36.9 Å². The van der Waals surface area contributed by atoms with E-state index in [1.807, 2.05) is 25.6 Å². The first-order valence-electron chi connectivity index (χ1n) is 12.3. The fourth-order valence-electron chi connectivity index (χ4n) is 4.50. The number of ether oxygens (including phenoxy) is 4. The Labute approximate surface area is 209 Å². The van der Waals surface area contributed by atoms with Crippen LogP contribution >= 0.6 is 11.8 Å². The van der Waals surface area contributed by atoms with Crippen molar-refractivity contribution in [1.29, 1.82) is 0 Å². The molecule has 0 radical (unpaired) electrons. The molecule has 2 aromatic carbocycles. The Hall–Kier alpha value is -1.69. The molecule has 2 aliphatic rings. The minimum atomic E-state index is -0.588. The normalized spacial score (nSPS) is 26.4. The molecule has 0 saturated carbocycles. The lowest BCUT2D eigenvalue weighted by Gasteiger charge is -2.24. The smallest absolute Gasteiger partial charge is 0.163 e. The molecule has 0 aromatic heterocycles. The summed E-state index contributed by atoms with van der Waals surface area (Å²) in [6, 6.07) is 16.9. The lowest BCUT2D eigenvalue weighted by Crippen LogP contribution is -2.34. The molecule has 2 aromatic rings. The highest BCUT2D eigenvalue weighted by Crippen LogP contribution is 2.46. The van der Waals surface area contributed by atoms with Gasteiger partial charge in [-0.1, -0.05) is 65.8 Å². The van der Waals surface area contributed by atoms with Gasteiger partial charge in [-0.15, -0.1) is 11.8 Å². The maximum atomic E-state index is 6.29. The minimum Gasteiger partial charge on any atom is -0.492 e. The van der Waals surface area contributed by atoms with Crippen molar-refractivity contribution in [2.24, 2.45) is 0 Å². The average Bonchev–Trinajstić information content (AvgIpc) is 3.23. The van der Waals surface area contributed by atoms with Crippen LogP contribution in [0.5, 0.6) is 11.5 Å². The van der Waals surface area contributed by atoms with Crippen molar-refractivity contribution in [3.8, 4) is 11.5 Å². The van der Waals surface area contributed by atoms with Gasteiger partial charge in [-0.05, 0) is 60.1 Å². The molecule has 4 rings (SSSR count). The second-order valence-corrected chi connectivity index (χ2v) is 13.4. The summed E-state index contributed by atoms with van der Waals surface area (Å²) in [6.07, 6.45) is -0.0172. The molecule has 0 unspecified atom stereocenters. The van der Waals surface area contributed by atoms with Gasteiger partial charge in [0.2, 0.25) is 0 Å². The standard InChI is InChI=1S/C29H40O4S/c1-27(2,3)19-9-13-21(14-10-19)30-17-23-25-26(33-29(7,8)32-25)24(34-23)18-31-22-15-11-20(12-16-22)28(4,5)6/h9-16,23-26H,17-18H2,1-8H3/t23-,24-,25+,26+/m0/s1. The molecule has 4 atom stereocenters. The molecule has 5 heteroatoms. The molecule has 0 spiro atoms. The van der Waals surface area contributed by atoms with Crippen LogP contribution in [0.3, 0.4) is 0 Å². The fraction of sp³-hybridized carbons (Fsp3) is 0.586. The highest BCUT2D eigenvalue weighted by atomic mass is 32.2. The van der Waals surface area contributed by atoms with E-state index in [0.717, 1.165) is 11.5 Å². The van der Waals surface area contributed by atoms with Crippen LogP contribution in [0.1, 0.15) is 66.5 Å². The van der Waals surface area contributed by atoms with E-state index in [1.54, 1.807) is 0 Å². The summed E-state index contributed by atoms with van der Waals surface area (Å²) >= 11 is 1.86. The molecular weight excluding hydrogens is 444 g/mol. The monoisotopic (exact) mass is 484 g/mol. The molecule has 34 heavy (non-hydrogen) atoms. The SMILES string of the molecule is CC1(C)O[C@H]2[C@H](O1)[C@H](COc1ccc(C(C)(C)C)cc1)S[C@H]2COc1ccc(C(C)(C)C)cc1. The Bertz CT molecular complexity index is 876. The first kappa shape index (κ1) is 25.4. The van der Waals surface area contributed by atoms with Gasteiger partial charge in [-0.25, -0.2) is 0 Å². The van der Waals surface area contributed by atoms with Crippen LogP contribution in [0.25, 0.3) is 0 Å². The lowest BCUT2D eigenvalue weighted by molar-refractivity contribution is -0.148. The second kappa shape index (κ2) is 9.40. The molecule has 186 valence electrons. The van der Waals surface area contributed by atoms with Crippen LogP contribution in [0, 0.1) is 0 Å². The molecule has 2 aliphatic heterocycles. The van der Waals surface area contributed by atoms with E-state index < -0.39 is 5.79 Å². The summed E-state index contributed by atoms with van der Waals surface area (Å²) in [6.45, 7) is 18.5. The van der Waals surface area contributed by atoms with E-state index in [1.165, 1.54) is 11.1 Å². The van der Waals surface area contributed by atoms with Crippen molar-refractivity contribution >= 4 is 11.8 Å². The van der Waals surface area contributed by atoms with Gasteiger partial charge in [0.25, 0.3) is 0 Å². The molecule has 2 fully saturated rings. The van der Waals surface area contributed by atoms with E-state index in [2.05, 4.69) is 90.1 Å². The first-order valence-corrected chi connectivity index (χ1v) is 13.2. The van der Waals surface area contributed by atoms with E-state index >= 15 is 0 Å². The van der Waals surface area contributed by atoms with Gasteiger partial charge in [0, 0.05) is 0 Å². The minimum absolute atomic E-state index is 0.00860. The summed E-state index contributed by atoms with van der Waals surface area (Å²) in [5, 5.41) is 0.372. The average molecular weight is 485 g/mol. The molecule has 2 heterocycles. The second-order valence-electron chi connectivity index (χ2n) is 11.9. The molecule has 0 N–H and O–H groups in total. The van der Waals surface area contributed by atoms with Gasteiger partial charge >= 0.3 is 0 Å². The first-order chi connectivity index (χ1) is 15.8. The fourth-order valence-corrected chi connectivity index (χ4v) is 5.97. The van der Waals surface area contributed by atoms with E-state index in [-0.39, 0.29) is 33.5 Å². The van der Waals surface area contributed by atoms with Crippen LogP contribution in [-0.2, 0) is 20.3 Å². The number of benzene rings is 2. The van der Waals surface area contributed by atoms with Gasteiger partial charge in [-0.2, -0.15) is 0 Å². The molecule has 4 nitrogen and oxygen atoms in total. The summed E-state index contributed by atoms with van der Waals surface area (Å²) in [5.41, 5.74) is 2.87. The maximum Gasteiger partial charge on any atom is 0.163 e. The van der Waals surface area contributed by atoms with E-state index in [4.69, 9.17) is 18.9 Å². The Morgan fingerprint density at radius 3 is 1.35 bits per heavy atom. The molecular formula is C29H40O4S. The van der Waals surface area contributed by atoms with Crippen molar-refractivity contribution in [3.05, 3.63) is 59.7 Å². The van der Waals surface area contributed by atoms with Crippen molar-refractivity contribution in [3.63, 3.8) is 0 Å². The lowest BCUT2D eigenvalue weighted by atomic mass is 9.87. The van der Waals surface area contributed by atoms with Crippen LogP contribution < -0.4 is 9.47 Å². The number of hydrogen-bond donors (Lipinski definition) is 0. The summed E-state index contributed by atoms with van der Waals surface area (Å²) in [7, 11) is 0. The van der Waals surface area contributed by atoms with Crippen molar-refractivity contribution in [2.45, 2.75) is 94.7 Å². The van der Waals surface area contributed by atoms with E-state index in [9.17, 15) is 0 Å². The third-order valence-electron chi connectivity index (χ3n) is 6.52. The highest BCUT2D eigenvalue weighted by molar-refractivity contribution is 8.01.